The largest absolute Gasteiger partial charge is 0.397 e. The Kier molecular flexibility index (Phi) is 16.1. The Labute approximate surface area is 364 Å². The van der Waals surface area contributed by atoms with Crippen LogP contribution in [-0.2, 0) is 34.8 Å². The number of amides is 4. The maximum atomic E-state index is 14.2. The summed E-state index contributed by atoms with van der Waals surface area (Å²) >= 11 is 0. The van der Waals surface area contributed by atoms with Gasteiger partial charge < -0.3 is 25.3 Å². The van der Waals surface area contributed by atoms with Gasteiger partial charge in [-0.15, -0.1) is 0 Å². The third-order valence-corrected chi connectivity index (χ3v) is 18.2. The molecule has 328 valence electrons. The molecule has 2 saturated heterocycles. The number of hydrogen-bond acceptors (Lipinski definition) is 6. The number of ketones is 1. The lowest BCUT2D eigenvalue weighted by Crippen LogP contribution is -2.68. The summed E-state index contributed by atoms with van der Waals surface area (Å²) in [5.74, 6) is -1.02. The molecule has 0 unspecified atom stereocenters. The Morgan fingerprint density at radius 2 is 1.28 bits per heavy atom. The summed E-state index contributed by atoms with van der Waals surface area (Å²) in [7, 11) is -2.93. The van der Waals surface area contributed by atoms with Crippen molar-refractivity contribution in [2.75, 3.05) is 6.54 Å². The predicted molar refractivity (Wildman–Crippen MR) is 243 cm³/mol. The van der Waals surface area contributed by atoms with Crippen LogP contribution in [0.25, 0.3) is 0 Å². The molecule has 3 aromatic rings. The van der Waals surface area contributed by atoms with E-state index < -0.39 is 38.6 Å². The first-order valence-electron chi connectivity index (χ1n) is 23.0. The van der Waals surface area contributed by atoms with Crippen LogP contribution in [0.5, 0.6) is 0 Å². The fourth-order valence-electron chi connectivity index (χ4n) is 9.89. The van der Waals surface area contributed by atoms with Crippen molar-refractivity contribution in [3.8, 4) is 0 Å². The number of carbonyl (C=O) groups excluding carboxylic acids is 5. The summed E-state index contributed by atoms with van der Waals surface area (Å²) in [5.41, 5.74) is 0.903. The van der Waals surface area contributed by atoms with Crippen LogP contribution in [0.2, 0.25) is 5.04 Å². The van der Waals surface area contributed by atoms with E-state index in [9.17, 15) is 24.0 Å². The molecule has 0 radical (unpaired) electrons. The molecular formula is C50H68N4O6Si. The normalized spacial score (nSPS) is 22.6. The first-order valence-corrected chi connectivity index (χ1v) is 24.9. The second-order valence-corrected chi connectivity index (χ2v) is 22.8. The number of Topliss-reactive ketones (excluding diaryl/α,β-unsaturated/α-hetero) is 1. The molecule has 0 bridgehead atoms. The minimum absolute atomic E-state index is 0.0701. The zero-order valence-electron chi connectivity index (χ0n) is 36.8. The highest BCUT2D eigenvalue weighted by Gasteiger charge is 2.52. The van der Waals surface area contributed by atoms with Gasteiger partial charge in [-0.25, -0.2) is 0 Å². The summed E-state index contributed by atoms with van der Waals surface area (Å²) in [5, 5.41) is 11.1. The van der Waals surface area contributed by atoms with Gasteiger partial charge in [0.25, 0.3) is 8.32 Å². The van der Waals surface area contributed by atoms with E-state index in [0.29, 0.717) is 64.3 Å². The molecule has 0 spiro atoms. The summed E-state index contributed by atoms with van der Waals surface area (Å²) < 4.78 is 7.21. The minimum Gasteiger partial charge on any atom is -0.397 e. The van der Waals surface area contributed by atoms with Crippen LogP contribution >= 0.6 is 0 Å². The molecule has 2 heterocycles. The fourth-order valence-corrected chi connectivity index (χ4v) is 14.6. The Hall–Kier alpha value is -4.61. The van der Waals surface area contributed by atoms with Gasteiger partial charge in [0.1, 0.15) is 30.3 Å². The third-order valence-electron chi connectivity index (χ3n) is 13.2. The minimum atomic E-state index is -2.93. The van der Waals surface area contributed by atoms with Crippen molar-refractivity contribution in [1.29, 1.82) is 0 Å². The smallest absolute Gasteiger partial charge is 0.262 e. The highest BCUT2D eigenvalue weighted by molar-refractivity contribution is 6.99. The topological polar surface area (TPSA) is 134 Å². The molecule has 1 aliphatic carbocycles. The van der Waals surface area contributed by atoms with Gasteiger partial charge in [0.2, 0.25) is 23.6 Å². The summed E-state index contributed by atoms with van der Waals surface area (Å²) in [6.45, 7) is 9.05. The van der Waals surface area contributed by atoms with E-state index in [4.69, 9.17) is 4.43 Å². The van der Waals surface area contributed by atoms with E-state index in [1.54, 1.807) is 4.90 Å². The molecule has 3 fully saturated rings. The number of fused-ring (bicyclic) bond motifs is 1. The number of benzene rings is 3. The van der Waals surface area contributed by atoms with Crippen molar-refractivity contribution in [1.82, 2.24) is 20.9 Å². The van der Waals surface area contributed by atoms with E-state index >= 15 is 0 Å². The average Bonchev–Trinajstić information content (AvgIpc) is 3.76. The number of nitrogens with zero attached hydrogens (tertiary/aromatic N) is 1. The van der Waals surface area contributed by atoms with Crippen LogP contribution in [0.4, 0.5) is 0 Å². The first-order chi connectivity index (χ1) is 29.4. The zero-order chi connectivity index (χ0) is 43.4. The van der Waals surface area contributed by atoms with Crippen LogP contribution in [0, 0.1) is 5.92 Å². The van der Waals surface area contributed by atoms with Gasteiger partial charge in [-0.3, -0.25) is 24.0 Å². The Morgan fingerprint density at radius 3 is 1.89 bits per heavy atom. The highest BCUT2D eigenvalue weighted by Crippen LogP contribution is 2.38. The molecule has 3 aromatic carbocycles. The molecular weight excluding hydrogens is 781 g/mol. The lowest BCUT2D eigenvalue weighted by atomic mass is 9.84. The van der Waals surface area contributed by atoms with Crippen LogP contribution in [-0.4, -0.2) is 79.4 Å². The van der Waals surface area contributed by atoms with Gasteiger partial charge in [-0.2, -0.15) is 0 Å². The molecule has 2 aliphatic heterocycles. The molecule has 11 heteroatoms. The van der Waals surface area contributed by atoms with Crippen molar-refractivity contribution in [3.05, 3.63) is 96.6 Å². The SMILES string of the molecule is CC[C@@H](O[Si](c1ccccc1)(c1ccccc1)C(C)(C)C)C(=O)CCCCC[C@@H]1NC(=O)[C@H]2CCCN2C(=O)[C@H](Cc2ccccc2)NC(=O)[C@@H](CC2CCCCC2)NC1=O. The number of hydrogen-bond donors (Lipinski definition) is 3. The third kappa shape index (κ3) is 11.5. The maximum Gasteiger partial charge on any atom is 0.262 e. The Bertz CT molecular complexity index is 1880. The van der Waals surface area contributed by atoms with Gasteiger partial charge in [0, 0.05) is 19.4 Å². The van der Waals surface area contributed by atoms with E-state index in [2.05, 4.69) is 61.0 Å². The lowest BCUT2D eigenvalue weighted by Gasteiger charge is -2.44. The van der Waals surface area contributed by atoms with E-state index in [1.807, 2.05) is 73.7 Å². The summed E-state index contributed by atoms with van der Waals surface area (Å²) in [4.78, 5) is 72.2. The van der Waals surface area contributed by atoms with Crippen LogP contribution in [0.1, 0.15) is 123 Å². The first kappa shape index (κ1) is 45.9. The van der Waals surface area contributed by atoms with Gasteiger partial charge in [0.15, 0.2) is 5.78 Å². The summed E-state index contributed by atoms with van der Waals surface area (Å²) in [6, 6.07) is 27.0. The molecule has 3 N–H and O–H groups in total. The van der Waals surface area contributed by atoms with Crippen LogP contribution in [0.15, 0.2) is 91.0 Å². The van der Waals surface area contributed by atoms with Crippen molar-refractivity contribution in [3.63, 3.8) is 0 Å². The maximum absolute atomic E-state index is 14.2. The van der Waals surface area contributed by atoms with Crippen LogP contribution in [0.3, 0.4) is 0 Å². The number of nitrogens with one attached hydrogen (secondary N) is 3. The van der Waals surface area contributed by atoms with Crippen molar-refractivity contribution < 1.29 is 28.4 Å². The van der Waals surface area contributed by atoms with E-state index in [-0.39, 0.29) is 46.8 Å². The predicted octanol–water partition coefficient (Wildman–Crippen LogP) is 6.53. The van der Waals surface area contributed by atoms with Crippen LogP contribution < -0.4 is 26.3 Å². The Morgan fingerprint density at radius 1 is 0.705 bits per heavy atom. The van der Waals surface area contributed by atoms with Gasteiger partial charge in [-0.05, 0) is 65.4 Å². The molecule has 3 aliphatic rings. The second-order valence-electron chi connectivity index (χ2n) is 18.5. The van der Waals surface area contributed by atoms with Gasteiger partial charge in [-0.1, -0.05) is 164 Å². The monoisotopic (exact) mass is 848 g/mol. The lowest BCUT2D eigenvalue weighted by molar-refractivity contribution is -0.143. The van der Waals surface area contributed by atoms with Gasteiger partial charge in [0.05, 0.1) is 0 Å². The molecule has 1 saturated carbocycles. The van der Waals surface area contributed by atoms with E-state index in [0.717, 1.165) is 48.0 Å². The quantitative estimate of drug-likeness (QED) is 0.111. The average molecular weight is 849 g/mol. The van der Waals surface area contributed by atoms with Crippen molar-refractivity contribution in [2.45, 2.75) is 159 Å². The Balaban J connectivity index is 1.14. The number of rotatable bonds is 16. The van der Waals surface area contributed by atoms with Crippen molar-refractivity contribution >= 4 is 48.1 Å². The van der Waals surface area contributed by atoms with Gasteiger partial charge >= 0.3 is 0 Å². The standard InChI is InChI=1S/C50H68N4O6Si/c1-5-45(60-61(50(2,3)4,38-26-15-8-16-27-38)39-28-17-9-18-29-39)44(55)32-20-10-19-30-40-46(56)52-41(34-36-22-11-6-12-23-36)47(57)53-42(35-37-24-13-7-14-25-37)49(59)54-33-21-31-43(54)48(58)51-40/h7-9,13-18,24-29,36,40-43,45H,5-6,10-12,19-23,30-35H2,1-4H3,(H,51,58)(H,52,56)(H,53,57)/t40-,41+,42-,43+,45+/m0/s1. The van der Waals surface area contributed by atoms with E-state index in [1.165, 1.54) is 0 Å². The molecule has 4 amide bonds. The molecule has 0 aromatic heterocycles. The second kappa shape index (κ2) is 21.5. The zero-order valence-corrected chi connectivity index (χ0v) is 37.8. The fraction of sp³-hybridized carbons (Fsp3) is 0.540. The molecule has 5 atom stereocenters. The molecule has 61 heavy (non-hydrogen) atoms. The molecule has 10 nitrogen and oxygen atoms in total. The highest BCUT2D eigenvalue weighted by atomic mass is 28.4. The van der Waals surface area contributed by atoms with Crippen molar-refractivity contribution in [2.24, 2.45) is 5.92 Å². The number of unbranched alkanes of at least 4 members (excludes halogenated alkanes) is 2. The molecule has 6 rings (SSSR count). The summed E-state index contributed by atoms with van der Waals surface area (Å²) in [6.07, 6.45) is 9.76. The number of carbonyl (C=O) groups is 5.